The highest BCUT2D eigenvalue weighted by Crippen LogP contribution is 2.52. The largest absolute Gasteiger partial charge is 0.393 e. The van der Waals surface area contributed by atoms with E-state index in [1.165, 1.54) is 12.3 Å². The summed E-state index contributed by atoms with van der Waals surface area (Å²) in [5.41, 5.74) is 5.96. The minimum atomic E-state index is -1.70. The molecule has 134 valence electrons. The van der Waals surface area contributed by atoms with Gasteiger partial charge >= 0.3 is 5.69 Å². The van der Waals surface area contributed by atoms with Gasteiger partial charge in [0, 0.05) is 30.0 Å². The molecule has 0 amide bonds. The topological polar surface area (TPSA) is 152 Å². The molecule has 2 saturated heterocycles. The van der Waals surface area contributed by atoms with Crippen LogP contribution in [-0.4, -0.2) is 45.0 Å². The van der Waals surface area contributed by atoms with Crippen molar-refractivity contribution in [2.45, 2.75) is 55.6 Å². The molecular formula is C14H17N5O6. The number of aliphatic hydroxyl groups excluding tert-OH is 1. The number of fused-ring (bicyclic) bond motifs is 1. The number of azide groups is 1. The lowest BCUT2D eigenvalue weighted by atomic mass is 10.1. The van der Waals surface area contributed by atoms with Crippen LogP contribution in [0.5, 0.6) is 0 Å². The molecule has 0 unspecified atom stereocenters. The van der Waals surface area contributed by atoms with Crippen LogP contribution in [0.4, 0.5) is 0 Å². The lowest BCUT2D eigenvalue weighted by Gasteiger charge is -2.30. The van der Waals surface area contributed by atoms with E-state index in [0.29, 0.717) is 12.8 Å². The van der Waals surface area contributed by atoms with E-state index in [9.17, 15) is 14.7 Å². The molecule has 1 aliphatic carbocycles. The molecule has 4 rings (SSSR count). The van der Waals surface area contributed by atoms with E-state index in [1.54, 1.807) is 0 Å². The van der Waals surface area contributed by atoms with Gasteiger partial charge in [-0.15, -0.1) is 0 Å². The number of H-pyrrole nitrogens is 1. The molecule has 0 bridgehead atoms. The third-order valence-corrected chi connectivity index (χ3v) is 4.97. The van der Waals surface area contributed by atoms with Crippen molar-refractivity contribution in [1.29, 1.82) is 0 Å². The number of aromatic nitrogens is 2. The van der Waals surface area contributed by atoms with Crippen molar-refractivity contribution in [2.24, 2.45) is 5.11 Å². The zero-order valence-corrected chi connectivity index (χ0v) is 13.2. The fourth-order valence-electron chi connectivity index (χ4n) is 3.84. The van der Waals surface area contributed by atoms with Crippen LogP contribution in [0.15, 0.2) is 27.0 Å². The van der Waals surface area contributed by atoms with Gasteiger partial charge < -0.3 is 19.3 Å². The van der Waals surface area contributed by atoms with Gasteiger partial charge in [-0.05, 0) is 18.4 Å². The van der Waals surface area contributed by atoms with Gasteiger partial charge in [-0.1, -0.05) is 5.11 Å². The van der Waals surface area contributed by atoms with Gasteiger partial charge in [0.2, 0.25) is 5.72 Å². The second-order valence-electron chi connectivity index (χ2n) is 6.46. The molecule has 1 saturated carbocycles. The van der Waals surface area contributed by atoms with Crippen LogP contribution in [0.1, 0.15) is 31.9 Å². The molecule has 2 N–H and O–H groups in total. The summed E-state index contributed by atoms with van der Waals surface area (Å²) in [7, 11) is 0. The third-order valence-electron chi connectivity index (χ3n) is 4.97. The molecule has 1 spiro atoms. The minimum absolute atomic E-state index is 0.546. The summed E-state index contributed by atoms with van der Waals surface area (Å²) >= 11 is 0. The van der Waals surface area contributed by atoms with Gasteiger partial charge in [-0.3, -0.25) is 14.3 Å². The van der Waals surface area contributed by atoms with E-state index >= 15 is 0 Å². The molecule has 11 nitrogen and oxygen atoms in total. The molecule has 1 aromatic rings. The highest BCUT2D eigenvalue weighted by Gasteiger charge is 2.65. The molecule has 4 atom stereocenters. The lowest BCUT2D eigenvalue weighted by Crippen LogP contribution is -2.44. The maximum absolute atomic E-state index is 12.2. The SMILES string of the molecule is [N-]=[N+]=N[C@]1(CO)O[C@@H](n2ccc(=O)[nH]c2=O)[C@@H]2OC3(CCCC3)O[C@@H]21. The average Bonchev–Trinajstić information content (AvgIpc) is 3.26. The van der Waals surface area contributed by atoms with Crippen LogP contribution in [0.2, 0.25) is 0 Å². The normalized spacial score (nSPS) is 35.6. The minimum Gasteiger partial charge on any atom is -0.393 e. The zero-order valence-electron chi connectivity index (χ0n) is 13.2. The van der Waals surface area contributed by atoms with Crippen LogP contribution in [0.3, 0.4) is 0 Å². The van der Waals surface area contributed by atoms with Crippen LogP contribution in [0, 0.1) is 0 Å². The summed E-state index contributed by atoms with van der Waals surface area (Å²) in [6, 6.07) is 1.17. The van der Waals surface area contributed by atoms with E-state index in [-0.39, 0.29) is 0 Å². The van der Waals surface area contributed by atoms with Crippen molar-refractivity contribution in [1.82, 2.24) is 9.55 Å². The predicted octanol–water partition coefficient (Wildman–Crippen LogP) is 0.119. The second kappa shape index (κ2) is 5.68. The molecule has 0 aromatic carbocycles. The fourth-order valence-corrected chi connectivity index (χ4v) is 3.84. The van der Waals surface area contributed by atoms with Crippen molar-refractivity contribution in [3.63, 3.8) is 0 Å². The average molecular weight is 351 g/mol. The van der Waals surface area contributed by atoms with Crippen molar-refractivity contribution < 1.29 is 19.3 Å². The molecule has 2 aliphatic heterocycles. The Morgan fingerprint density at radius 2 is 2.12 bits per heavy atom. The number of aromatic amines is 1. The summed E-state index contributed by atoms with van der Waals surface area (Å²) in [5.74, 6) is -0.825. The molecule has 11 heteroatoms. The molecule has 1 aromatic heterocycles. The van der Waals surface area contributed by atoms with Crippen LogP contribution < -0.4 is 11.2 Å². The van der Waals surface area contributed by atoms with E-state index < -0.39 is 47.8 Å². The van der Waals surface area contributed by atoms with Crippen LogP contribution in [0.25, 0.3) is 10.4 Å². The third kappa shape index (κ3) is 2.40. The number of nitrogens with zero attached hydrogens (tertiary/aromatic N) is 4. The number of nitrogens with one attached hydrogen (secondary N) is 1. The quantitative estimate of drug-likeness (QED) is 0.448. The number of hydrogen-bond acceptors (Lipinski definition) is 7. The Bertz CT molecular complexity index is 839. The Hall–Kier alpha value is -2.17. The van der Waals surface area contributed by atoms with Crippen molar-refractivity contribution in [3.05, 3.63) is 43.5 Å². The Labute approximate surface area is 140 Å². The number of aliphatic hydroxyl groups is 1. The monoisotopic (exact) mass is 351 g/mol. The number of hydrogen-bond donors (Lipinski definition) is 2. The highest BCUT2D eigenvalue weighted by molar-refractivity contribution is 5.07. The second-order valence-corrected chi connectivity index (χ2v) is 6.46. The fraction of sp³-hybridized carbons (Fsp3) is 0.714. The first-order chi connectivity index (χ1) is 12.0. The van der Waals surface area contributed by atoms with E-state index in [1.807, 2.05) is 0 Å². The van der Waals surface area contributed by atoms with Gasteiger partial charge in [0.25, 0.3) is 5.56 Å². The molecule has 3 aliphatic rings. The summed E-state index contributed by atoms with van der Waals surface area (Å²) in [6.07, 6.45) is 1.83. The summed E-state index contributed by atoms with van der Waals surface area (Å²) in [6.45, 7) is -0.633. The summed E-state index contributed by atoms with van der Waals surface area (Å²) in [5, 5.41) is 13.4. The Balaban J connectivity index is 1.79. The molecule has 3 fully saturated rings. The molecule has 0 radical (unpaired) electrons. The molecule has 25 heavy (non-hydrogen) atoms. The Morgan fingerprint density at radius 3 is 2.76 bits per heavy atom. The van der Waals surface area contributed by atoms with Gasteiger partial charge in [0.05, 0.1) is 6.61 Å². The van der Waals surface area contributed by atoms with Crippen molar-refractivity contribution >= 4 is 0 Å². The highest BCUT2D eigenvalue weighted by atomic mass is 16.8. The summed E-state index contributed by atoms with van der Waals surface area (Å²) in [4.78, 5) is 28.4. The molecular weight excluding hydrogens is 334 g/mol. The smallest absolute Gasteiger partial charge is 0.330 e. The molecule has 3 heterocycles. The Kier molecular flexibility index (Phi) is 3.71. The van der Waals surface area contributed by atoms with Gasteiger partial charge in [-0.25, -0.2) is 4.79 Å². The van der Waals surface area contributed by atoms with Crippen LogP contribution in [-0.2, 0) is 14.2 Å². The van der Waals surface area contributed by atoms with Crippen LogP contribution >= 0.6 is 0 Å². The van der Waals surface area contributed by atoms with Gasteiger partial charge in [0.15, 0.2) is 12.0 Å². The van der Waals surface area contributed by atoms with Crippen molar-refractivity contribution in [2.75, 3.05) is 6.61 Å². The number of rotatable bonds is 3. The maximum atomic E-state index is 12.2. The maximum Gasteiger partial charge on any atom is 0.330 e. The first kappa shape index (κ1) is 16.3. The van der Waals surface area contributed by atoms with Gasteiger partial charge in [0.1, 0.15) is 12.2 Å². The van der Waals surface area contributed by atoms with E-state index in [4.69, 9.17) is 19.7 Å². The van der Waals surface area contributed by atoms with E-state index in [0.717, 1.165) is 17.4 Å². The van der Waals surface area contributed by atoms with Gasteiger partial charge in [-0.2, -0.15) is 0 Å². The number of ether oxygens (including phenoxy) is 3. The first-order valence-corrected chi connectivity index (χ1v) is 8.05. The Morgan fingerprint density at radius 1 is 1.36 bits per heavy atom. The van der Waals surface area contributed by atoms with Crippen molar-refractivity contribution in [3.8, 4) is 0 Å². The standard InChI is InChI=1S/C14H17N5O6/c15-18-17-14(7-20)10-9(23-13(24-10)4-1-2-5-13)11(25-14)19-6-3-8(21)16-12(19)22/h3,6,9-11,20H,1-2,4-5,7H2,(H,16,21,22)/t9-,10+,11-,14-/m1/s1. The van der Waals surface area contributed by atoms with E-state index in [2.05, 4.69) is 15.0 Å². The first-order valence-electron chi connectivity index (χ1n) is 8.05. The lowest BCUT2D eigenvalue weighted by molar-refractivity contribution is -0.238. The predicted molar refractivity (Wildman–Crippen MR) is 81.4 cm³/mol. The zero-order chi connectivity index (χ0) is 17.7. The summed E-state index contributed by atoms with van der Waals surface area (Å²) < 4.78 is 19.0.